The molecule has 5 heteroatoms. The quantitative estimate of drug-likeness (QED) is 0.615. The van der Waals surface area contributed by atoms with Crippen LogP contribution < -0.4 is 5.32 Å². The van der Waals surface area contributed by atoms with E-state index in [0.29, 0.717) is 23.9 Å². The Balaban J connectivity index is 3.05. The molecule has 5 nitrogen and oxygen atoms in total. The maximum Gasteiger partial charge on any atom is 0.290 e. The molecule has 0 saturated carbocycles. The molecular weight excluding hydrogens is 206 g/mol. The lowest BCUT2D eigenvalue weighted by molar-refractivity contribution is -0.386. The molecule has 0 fully saturated rings. The van der Waals surface area contributed by atoms with E-state index in [1.165, 1.54) is 6.07 Å². The highest BCUT2D eigenvalue weighted by Gasteiger charge is 2.16. The smallest absolute Gasteiger partial charge is 0.290 e. The fourth-order valence-electron chi connectivity index (χ4n) is 1.48. The third-order valence-electron chi connectivity index (χ3n) is 2.11. The minimum atomic E-state index is -0.375. The molecule has 88 valence electrons. The molecule has 0 aromatic carbocycles. The van der Waals surface area contributed by atoms with Crippen molar-refractivity contribution in [3.05, 3.63) is 27.9 Å². The first-order chi connectivity index (χ1) is 7.54. The van der Waals surface area contributed by atoms with Crippen molar-refractivity contribution in [1.29, 1.82) is 0 Å². The van der Waals surface area contributed by atoms with E-state index in [-0.39, 0.29) is 10.6 Å². The van der Waals surface area contributed by atoms with Crippen molar-refractivity contribution in [3.8, 4) is 0 Å². The molecule has 1 aromatic heterocycles. The van der Waals surface area contributed by atoms with E-state index in [1.54, 1.807) is 6.07 Å². The van der Waals surface area contributed by atoms with Crippen LogP contribution in [0.25, 0.3) is 0 Å². The Morgan fingerprint density at radius 3 is 2.69 bits per heavy atom. The van der Waals surface area contributed by atoms with Crippen molar-refractivity contribution < 1.29 is 4.92 Å². The van der Waals surface area contributed by atoms with Gasteiger partial charge in [0.1, 0.15) is 11.5 Å². The van der Waals surface area contributed by atoms with Crippen molar-refractivity contribution >= 4 is 11.5 Å². The van der Waals surface area contributed by atoms with Crippen molar-refractivity contribution in [2.24, 2.45) is 5.92 Å². The van der Waals surface area contributed by atoms with Gasteiger partial charge >= 0.3 is 0 Å². The second-order valence-electron chi connectivity index (χ2n) is 4.05. The van der Waals surface area contributed by atoms with Gasteiger partial charge in [0, 0.05) is 12.6 Å². The van der Waals surface area contributed by atoms with E-state index >= 15 is 0 Å². The van der Waals surface area contributed by atoms with Gasteiger partial charge in [0.15, 0.2) is 0 Å². The third kappa shape index (κ3) is 3.18. The van der Waals surface area contributed by atoms with Crippen LogP contribution in [0.2, 0.25) is 0 Å². The summed E-state index contributed by atoms with van der Waals surface area (Å²) in [6.45, 7) is 6.76. The first kappa shape index (κ1) is 12.4. The van der Waals surface area contributed by atoms with Crippen molar-refractivity contribution in [2.45, 2.75) is 27.2 Å². The monoisotopic (exact) mass is 223 g/mol. The normalized spacial score (nSPS) is 10.5. The Bertz CT molecular complexity index is 377. The second-order valence-corrected chi connectivity index (χ2v) is 4.05. The molecule has 16 heavy (non-hydrogen) atoms. The molecule has 0 saturated heterocycles. The zero-order valence-corrected chi connectivity index (χ0v) is 9.86. The fraction of sp³-hybridized carbons (Fsp3) is 0.545. The molecule has 0 radical (unpaired) electrons. The molecule has 0 amide bonds. The van der Waals surface area contributed by atoms with Gasteiger partial charge in [-0.2, -0.15) is 0 Å². The summed E-state index contributed by atoms with van der Waals surface area (Å²) in [5, 5.41) is 13.9. The van der Waals surface area contributed by atoms with Crippen LogP contribution in [0.1, 0.15) is 26.5 Å². The number of pyridine rings is 1. The summed E-state index contributed by atoms with van der Waals surface area (Å²) in [4.78, 5) is 14.7. The van der Waals surface area contributed by atoms with E-state index in [2.05, 4.69) is 10.3 Å². The van der Waals surface area contributed by atoms with Crippen LogP contribution in [0.3, 0.4) is 0 Å². The average molecular weight is 223 g/mol. The van der Waals surface area contributed by atoms with Gasteiger partial charge in [-0.1, -0.05) is 13.8 Å². The minimum absolute atomic E-state index is 0.107. The number of aromatic nitrogens is 1. The summed E-state index contributed by atoms with van der Waals surface area (Å²) in [5.41, 5.74) is 0.661. The summed E-state index contributed by atoms with van der Waals surface area (Å²) >= 11 is 0. The summed E-state index contributed by atoms with van der Waals surface area (Å²) in [7, 11) is 0. The second kappa shape index (κ2) is 5.44. The van der Waals surface area contributed by atoms with Gasteiger partial charge in [0.25, 0.3) is 5.69 Å². The average Bonchev–Trinajstić information content (AvgIpc) is 2.16. The lowest BCUT2D eigenvalue weighted by Crippen LogP contribution is -2.06. The summed E-state index contributed by atoms with van der Waals surface area (Å²) in [5.74, 6) is 1.05. The predicted molar refractivity (Wildman–Crippen MR) is 63.6 cm³/mol. The highest BCUT2D eigenvalue weighted by atomic mass is 16.6. The van der Waals surface area contributed by atoms with E-state index in [1.807, 2.05) is 20.8 Å². The zero-order valence-electron chi connectivity index (χ0n) is 9.86. The predicted octanol–water partition coefficient (Wildman–Crippen LogP) is 2.62. The highest BCUT2D eigenvalue weighted by Crippen LogP contribution is 2.21. The van der Waals surface area contributed by atoms with Gasteiger partial charge in [-0.3, -0.25) is 10.1 Å². The standard InChI is InChI=1S/C11H17N3O2/c1-4-12-11-6-5-10(14(15)16)9(13-11)7-8(2)3/h5-6,8H,4,7H2,1-3H3,(H,12,13). The zero-order chi connectivity index (χ0) is 12.1. The van der Waals surface area contributed by atoms with E-state index < -0.39 is 0 Å². The van der Waals surface area contributed by atoms with Crippen LogP contribution in [0.5, 0.6) is 0 Å². The molecule has 0 aliphatic heterocycles. The lowest BCUT2D eigenvalue weighted by atomic mass is 10.1. The van der Waals surface area contributed by atoms with Crippen LogP contribution in [0, 0.1) is 16.0 Å². The maximum absolute atomic E-state index is 10.8. The Labute approximate surface area is 95.0 Å². The van der Waals surface area contributed by atoms with Gasteiger partial charge in [-0.25, -0.2) is 4.98 Å². The summed E-state index contributed by atoms with van der Waals surface area (Å²) in [6, 6.07) is 3.16. The number of hydrogen-bond acceptors (Lipinski definition) is 4. The van der Waals surface area contributed by atoms with Gasteiger partial charge in [0.05, 0.1) is 4.92 Å². The minimum Gasteiger partial charge on any atom is -0.370 e. The molecule has 1 rings (SSSR count). The molecule has 1 aromatic rings. The number of nitro groups is 1. The molecule has 0 bridgehead atoms. The first-order valence-corrected chi connectivity index (χ1v) is 5.42. The number of rotatable bonds is 5. The van der Waals surface area contributed by atoms with Crippen molar-refractivity contribution in [1.82, 2.24) is 4.98 Å². The Kier molecular flexibility index (Phi) is 4.22. The van der Waals surface area contributed by atoms with Crippen LogP contribution in [0.15, 0.2) is 12.1 Å². The lowest BCUT2D eigenvalue weighted by Gasteiger charge is -2.08. The van der Waals surface area contributed by atoms with Crippen LogP contribution >= 0.6 is 0 Å². The molecule has 1 heterocycles. The van der Waals surface area contributed by atoms with E-state index in [4.69, 9.17) is 0 Å². The molecular formula is C11H17N3O2. The first-order valence-electron chi connectivity index (χ1n) is 5.42. The number of nitrogens with one attached hydrogen (secondary N) is 1. The fourth-order valence-corrected chi connectivity index (χ4v) is 1.48. The summed E-state index contributed by atoms with van der Waals surface area (Å²) < 4.78 is 0. The molecule has 0 spiro atoms. The SMILES string of the molecule is CCNc1ccc([N+](=O)[O-])c(CC(C)C)n1. The molecule has 0 atom stereocenters. The molecule has 1 N–H and O–H groups in total. The van der Waals surface area contributed by atoms with Gasteiger partial charge in [0.2, 0.25) is 0 Å². The number of nitrogens with zero attached hydrogens (tertiary/aromatic N) is 2. The highest BCUT2D eigenvalue weighted by molar-refractivity contribution is 5.45. The largest absolute Gasteiger partial charge is 0.370 e. The molecule has 0 aliphatic rings. The van der Waals surface area contributed by atoms with E-state index in [0.717, 1.165) is 6.54 Å². The Hall–Kier alpha value is -1.65. The van der Waals surface area contributed by atoms with Crippen LogP contribution in [0.4, 0.5) is 11.5 Å². The van der Waals surface area contributed by atoms with Gasteiger partial charge in [-0.05, 0) is 25.3 Å². The van der Waals surface area contributed by atoms with Crippen LogP contribution in [-0.2, 0) is 6.42 Å². The number of anilines is 1. The number of hydrogen-bond donors (Lipinski definition) is 1. The van der Waals surface area contributed by atoms with E-state index in [9.17, 15) is 10.1 Å². The third-order valence-corrected chi connectivity index (χ3v) is 2.11. The maximum atomic E-state index is 10.8. The van der Waals surface area contributed by atoms with Gasteiger partial charge < -0.3 is 5.32 Å². The Morgan fingerprint density at radius 2 is 2.19 bits per heavy atom. The summed E-state index contributed by atoms with van der Waals surface area (Å²) in [6.07, 6.45) is 0.621. The van der Waals surface area contributed by atoms with Crippen molar-refractivity contribution in [2.75, 3.05) is 11.9 Å². The molecule has 0 unspecified atom stereocenters. The Morgan fingerprint density at radius 1 is 1.50 bits per heavy atom. The van der Waals surface area contributed by atoms with Gasteiger partial charge in [-0.15, -0.1) is 0 Å². The van der Waals surface area contributed by atoms with Crippen LogP contribution in [-0.4, -0.2) is 16.5 Å². The molecule has 0 aliphatic carbocycles. The van der Waals surface area contributed by atoms with Crippen molar-refractivity contribution in [3.63, 3.8) is 0 Å². The topological polar surface area (TPSA) is 68.1 Å².